The Bertz CT molecular complexity index is 399. The van der Waals surface area contributed by atoms with Crippen LogP contribution < -0.4 is 10.1 Å². The lowest BCUT2D eigenvalue weighted by Gasteiger charge is -2.15. The Labute approximate surface area is 132 Å². The minimum atomic E-state index is 0.246. The van der Waals surface area contributed by atoms with Gasteiger partial charge in [0.05, 0.1) is 11.1 Å². The Morgan fingerprint density at radius 3 is 2.74 bits per heavy atom. The van der Waals surface area contributed by atoms with Crippen LogP contribution in [-0.4, -0.2) is 24.9 Å². The van der Waals surface area contributed by atoms with E-state index in [4.69, 9.17) is 9.84 Å². The Morgan fingerprint density at radius 2 is 2.11 bits per heavy atom. The Balaban J connectivity index is 2.65. The van der Waals surface area contributed by atoms with Crippen LogP contribution in [0.15, 0.2) is 21.1 Å². The molecule has 3 nitrogen and oxygen atoms in total. The summed E-state index contributed by atoms with van der Waals surface area (Å²) in [4.78, 5) is 0. The fourth-order valence-corrected chi connectivity index (χ4v) is 3.25. The molecule has 0 spiro atoms. The van der Waals surface area contributed by atoms with Gasteiger partial charge in [0.1, 0.15) is 5.75 Å². The lowest BCUT2D eigenvalue weighted by Crippen LogP contribution is -2.21. The summed E-state index contributed by atoms with van der Waals surface area (Å²) < 4.78 is 7.67. The van der Waals surface area contributed by atoms with E-state index in [9.17, 15) is 0 Å². The highest BCUT2D eigenvalue weighted by molar-refractivity contribution is 9.11. The van der Waals surface area contributed by atoms with Crippen molar-refractivity contribution in [2.75, 3.05) is 19.8 Å². The van der Waals surface area contributed by atoms with Gasteiger partial charge in [-0.2, -0.15) is 0 Å². The second-order valence-corrected chi connectivity index (χ2v) is 6.33. The summed E-state index contributed by atoms with van der Waals surface area (Å²) in [5.41, 5.74) is 1.12. The minimum absolute atomic E-state index is 0.246. The molecule has 5 heteroatoms. The van der Waals surface area contributed by atoms with Gasteiger partial charge in [-0.1, -0.05) is 22.9 Å². The highest BCUT2D eigenvalue weighted by Gasteiger charge is 2.10. The molecule has 108 valence electrons. The summed E-state index contributed by atoms with van der Waals surface area (Å²) in [6.07, 6.45) is 0.827. The summed E-state index contributed by atoms with van der Waals surface area (Å²) >= 11 is 7.03. The molecule has 1 rings (SSSR count). The number of hydrogen-bond acceptors (Lipinski definition) is 3. The number of nitrogens with one attached hydrogen (secondary N) is 1. The fourth-order valence-electron chi connectivity index (χ4n) is 1.83. The summed E-state index contributed by atoms with van der Waals surface area (Å²) in [6.45, 7) is 6.64. The molecule has 0 aliphatic heterocycles. The summed E-state index contributed by atoms with van der Waals surface area (Å²) in [5, 5.41) is 12.3. The molecule has 1 aromatic carbocycles. The van der Waals surface area contributed by atoms with Gasteiger partial charge in [0.2, 0.25) is 0 Å². The first-order valence-corrected chi connectivity index (χ1v) is 8.09. The molecule has 0 saturated carbocycles. The highest BCUT2D eigenvalue weighted by atomic mass is 79.9. The lowest BCUT2D eigenvalue weighted by molar-refractivity contribution is 0.260. The second kappa shape index (κ2) is 8.95. The van der Waals surface area contributed by atoms with Crippen molar-refractivity contribution in [1.29, 1.82) is 0 Å². The maximum Gasteiger partial charge on any atom is 0.138 e. The van der Waals surface area contributed by atoms with Gasteiger partial charge in [0.25, 0.3) is 0 Å². The van der Waals surface area contributed by atoms with Crippen molar-refractivity contribution in [2.24, 2.45) is 5.92 Å². The van der Waals surface area contributed by atoms with Crippen LogP contribution in [0.4, 0.5) is 0 Å². The minimum Gasteiger partial charge on any atom is -0.492 e. The van der Waals surface area contributed by atoms with Gasteiger partial charge < -0.3 is 15.2 Å². The standard InChI is InChI=1S/C14H21Br2NO2/c1-3-19-14-11(6-12(15)7-13(14)16)9-17-8-10(2)4-5-18/h6-7,10,17-18H,3-5,8-9H2,1-2H3. The predicted octanol–water partition coefficient (Wildman–Crippen LogP) is 3.72. The van der Waals surface area contributed by atoms with Crippen LogP contribution in [0.5, 0.6) is 5.75 Å². The number of aliphatic hydroxyl groups excluding tert-OH is 1. The van der Waals surface area contributed by atoms with Crippen LogP contribution in [0.1, 0.15) is 25.8 Å². The first-order chi connectivity index (χ1) is 9.08. The van der Waals surface area contributed by atoms with Crippen LogP contribution in [0.3, 0.4) is 0 Å². The SMILES string of the molecule is CCOc1c(Br)cc(Br)cc1CNCC(C)CCO. The average molecular weight is 395 g/mol. The lowest BCUT2D eigenvalue weighted by atomic mass is 10.1. The molecular formula is C14H21Br2NO2. The smallest absolute Gasteiger partial charge is 0.138 e. The van der Waals surface area contributed by atoms with E-state index in [1.807, 2.05) is 13.0 Å². The van der Waals surface area contributed by atoms with Gasteiger partial charge in [-0.05, 0) is 53.9 Å². The molecule has 1 aromatic rings. The van der Waals surface area contributed by atoms with Gasteiger partial charge in [0.15, 0.2) is 0 Å². The predicted molar refractivity (Wildman–Crippen MR) is 85.6 cm³/mol. The number of aliphatic hydroxyl groups is 1. The largest absolute Gasteiger partial charge is 0.492 e. The second-order valence-electron chi connectivity index (χ2n) is 4.56. The maximum absolute atomic E-state index is 8.88. The summed E-state index contributed by atoms with van der Waals surface area (Å²) in [6, 6.07) is 4.06. The molecule has 0 amide bonds. The molecular weight excluding hydrogens is 374 g/mol. The van der Waals surface area contributed by atoms with E-state index >= 15 is 0 Å². The van der Waals surface area contributed by atoms with Crippen LogP contribution in [-0.2, 0) is 6.54 Å². The molecule has 0 radical (unpaired) electrons. The normalized spacial score (nSPS) is 12.5. The molecule has 0 bridgehead atoms. The van der Waals surface area contributed by atoms with Gasteiger partial charge >= 0.3 is 0 Å². The van der Waals surface area contributed by atoms with Crippen molar-refractivity contribution >= 4 is 31.9 Å². The average Bonchev–Trinajstić information content (AvgIpc) is 2.33. The van der Waals surface area contributed by atoms with Crippen molar-refractivity contribution in [1.82, 2.24) is 5.32 Å². The van der Waals surface area contributed by atoms with E-state index in [0.717, 1.165) is 39.8 Å². The Hall–Kier alpha value is -0.100. The first kappa shape index (κ1) is 17.0. The van der Waals surface area contributed by atoms with Crippen molar-refractivity contribution in [2.45, 2.75) is 26.8 Å². The quantitative estimate of drug-likeness (QED) is 0.705. The zero-order valence-electron chi connectivity index (χ0n) is 11.4. The van der Waals surface area contributed by atoms with Crippen LogP contribution in [0, 0.1) is 5.92 Å². The molecule has 19 heavy (non-hydrogen) atoms. The van der Waals surface area contributed by atoms with Gasteiger partial charge in [-0.25, -0.2) is 0 Å². The topological polar surface area (TPSA) is 41.5 Å². The van der Waals surface area contributed by atoms with E-state index in [0.29, 0.717) is 12.5 Å². The fraction of sp³-hybridized carbons (Fsp3) is 0.571. The van der Waals surface area contributed by atoms with Crippen LogP contribution in [0.2, 0.25) is 0 Å². The number of halogens is 2. The van der Waals surface area contributed by atoms with Crippen molar-refractivity contribution in [3.05, 3.63) is 26.6 Å². The third kappa shape index (κ3) is 5.81. The summed E-state index contributed by atoms with van der Waals surface area (Å²) in [5.74, 6) is 1.36. The molecule has 1 unspecified atom stereocenters. The number of ether oxygens (including phenoxy) is 1. The maximum atomic E-state index is 8.88. The Kier molecular flexibility index (Phi) is 7.99. The zero-order chi connectivity index (χ0) is 14.3. The third-order valence-corrected chi connectivity index (χ3v) is 3.85. The van der Waals surface area contributed by atoms with E-state index < -0.39 is 0 Å². The molecule has 0 saturated heterocycles. The molecule has 2 N–H and O–H groups in total. The van der Waals surface area contributed by atoms with Crippen LogP contribution >= 0.6 is 31.9 Å². The first-order valence-electron chi connectivity index (χ1n) is 6.50. The monoisotopic (exact) mass is 393 g/mol. The summed E-state index contributed by atoms with van der Waals surface area (Å²) in [7, 11) is 0. The molecule has 1 atom stereocenters. The third-order valence-electron chi connectivity index (χ3n) is 2.80. The van der Waals surface area contributed by atoms with E-state index in [2.05, 4.69) is 50.2 Å². The van der Waals surface area contributed by atoms with Crippen LogP contribution in [0.25, 0.3) is 0 Å². The molecule has 0 heterocycles. The van der Waals surface area contributed by atoms with Crippen molar-refractivity contribution < 1.29 is 9.84 Å². The van der Waals surface area contributed by atoms with Gasteiger partial charge in [0, 0.05) is 23.2 Å². The number of benzene rings is 1. The van der Waals surface area contributed by atoms with Crippen molar-refractivity contribution in [3.8, 4) is 5.75 Å². The van der Waals surface area contributed by atoms with Gasteiger partial charge in [-0.3, -0.25) is 0 Å². The highest BCUT2D eigenvalue weighted by Crippen LogP contribution is 2.32. The van der Waals surface area contributed by atoms with E-state index in [-0.39, 0.29) is 6.61 Å². The molecule has 0 fully saturated rings. The zero-order valence-corrected chi connectivity index (χ0v) is 14.6. The molecule has 0 aliphatic carbocycles. The Morgan fingerprint density at radius 1 is 1.37 bits per heavy atom. The molecule has 0 aromatic heterocycles. The van der Waals surface area contributed by atoms with Crippen molar-refractivity contribution in [3.63, 3.8) is 0 Å². The van der Waals surface area contributed by atoms with E-state index in [1.165, 1.54) is 0 Å². The van der Waals surface area contributed by atoms with E-state index in [1.54, 1.807) is 0 Å². The molecule has 0 aliphatic rings. The van der Waals surface area contributed by atoms with Gasteiger partial charge in [-0.15, -0.1) is 0 Å². The number of hydrogen-bond donors (Lipinski definition) is 2. The number of rotatable bonds is 8.